The predicted molar refractivity (Wildman–Crippen MR) is 69.6 cm³/mol. The molecule has 20 heavy (non-hydrogen) atoms. The van der Waals surface area contributed by atoms with Crippen LogP contribution in [0.5, 0.6) is 0 Å². The maximum absolute atomic E-state index is 13.0. The maximum atomic E-state index is 13.0. The number of nitrogens with one attached hydrogen (secondary N) is 1. The van der Waals surface area contributed by atoms with E-state index in [0.29, 0.717) is 0 Å². The summed E-state index contributed by atoms with van der Waals surface area (Å²) >= 11 is 5.77. The summed E-state index contributed by atoms with van der Waals surface area (Å²) in [6.45, 7) is -0.190. The molecular weight excluding hydrogens is 310 g/mol. The molecule has 0 radical (unpaired) electrons. The molecule has 1 aromatic heterocycles. The van der Waals surface area contributed by atoms with Crippen molar-refractivity contribution < 1.29 is 17.2 Å². The number of benzene rings is 1. The molecule has 0 saturated heterocycles. The van der Waals surface area contributed by atoms with Crippen LogP contribution < -0.4 is 4.72 Å². The minimum absolute atomic E-state index is 0.0257. The Balaban J connectivity index is 2.17. The van der Waals surface area contributed by atoms with Crippen molar-refractivity contribution in [3.63, 3.8) is 0 Å². The first-order valence-electron chi connectivity index (χ1n) is 5.43. The van der Waals surface area contributed by atoms with E-state index in [1.165, 1.54) is 18.3 Å². The topological polar surface area (TPSA) is 59.1 Å². The van der Waals surface area contributed by atoms with E-state index in [1.54, 1.807) is 0 Å². The number of sulfonamides is 1. The lowest BCUT2D eigenvalue weighted by atomic mass is 10.2. The highest BCUT2D eigenvalue weighted by Crippen LogP contribution is 2.19. The summed E-state index contributed by atoms with van der Waals surface area (Å²) in [7, 11) is -3.87. The van der Waals surface area contributed by atoms with Gasteiger partial charge in [0.2, 0.25) is 10.0 Å². The van der Waals surface area contributed by atoms with Crippen LogP contribution in [0.25, 0.3) is 0 Å². The first-order valence-corrected chi connectivity index (χ1v) is 7.29. The van der Waals surface area contributed by atoms with Crippen LogP contribution in [0, 0.1) is 11.6 Å². The second-order valence-corrected chi connectivity index (χ2v) is 6.02. The molecule has 0 bridgehead atoms. The molecule has 106 valence electrons. The first kappa shape index (κ1) is 14.8. The monoisotopic (exact) mass is 318 g/mol. The van der Waals surface area contributed by atoms with E-state index in [0.717, 1.165) is 18.3 Å². The maximum Gasteiger partial charge on any atom is 0.243 e. The Bertz CT molecular complexity index is 738. The van der Waals surface area contributed by atoms with E-state index < -0.39 is 21.7 Å². The molecule has 0 unspecified atom stereocenters. The average molecular weight is 319 g/mol. The molecule has 0 spiro atoms. The summed E-state index contributed by atoms with van der Waals surface area (Å²) in [5.41, 5.74) is 0.285. The van der Waals surface area contributed by atoms with Gasteiger partial charge in [-0.3, -0.25) is 4.98 Å². The third kappa shape index (κ3) is 3.30. The van der Waals surface area contributed by atoms with E-state index in [1.807, 2.05) is 0 Å². The van der Waals surface area contributed by atoms with Gasteiger partial charge in [-0.2, -0.15) is 0 Å². The van der Waals surface area contributed by atoms with Crippen molar-refractivity contribution in [3.05, 3.63) is 58.9 Å². The largest absolute Gasteiger partial charge is 0.263 e. The third-order valence-corrected chi connectivity index (χ3v) is 4.34. The van der Waals surface area contributed by atoms with Crippen LogP contribution in [0.2, 0.25) is 5.02 Å². The fraction of sp³-hybridized carbons (Fsp3) is 0.0833. The molecule has 0 fully saturated rings. The summed E-state index contributed by atoms with van der Waals surface area (Å²) in [6, 6.07) is 4.47. The molecule has 0 aliphatic rings. The number of hydrogen-bond donors (Lipinski definition) is 1. The van der Waals surface area contributed by atoms with Gasteiger partial charge in [0.05, 0.1) is 5.02 Å². The Morgan fingerprint density at radius 3 is 2.60 bits per heavy atom. The molecule has 0 atom stereocenters. The highest BCUT2D eigenvalue weighted by Gasteiger charge is 2.17. The number of hydrogen-bond acceptors (Lipinski definition) is 3. The van der Waals surface area contributed by atoms with Gasteiger partial charge in [-0.25, -0.2) is 21.9 Å². The number of halogens is 3. The molecule has 8 heteroatoms. The second kappa shape index (κ2) is 5.82. The van der Waals surface area contributed by atoms with Gasteiger partial charge in [0, 0.05) is 18.9 Å². The van der Waals surface area contributed by atoms with Crippen LogP contribution in [0.4, 0.5) is 8.78 Å². The number of nitrogens with zero attached hydrogens (tertiary/aromatic N) is 1. The van der Waals surface area contributed by atoms with Gasteiger partial charge in [-0.15, -0.1) is 0 Å². The SMILES string of the molecule is O=S(=O)(NCc1ccc(F)c(F)c1)c1cnccc1Cl. The van der Waals surface area contributed by atoms with Gasteiger partial charge < -0.3 is 0 Å². The van der Waals surface area contributed by atoms with Gasteiger partial charge in [-0.05, 0) is 23.8 Å². The van der Waals surface area contributed by atoms with Gasteiger partial charge in [0.15, 0.2) is 11.6 Å². The van der Waals surface area contributed by atoms with Crippen LogP contribution in [0.3, 0.4) is 0 Å². The van der Waals surface area contributed by atoms with Crippen molar-refractivity contribution in [2.24, 2.45) is 0 Å². The molecule has 4 nitrogen and oxygen atoms in total. The third-order valence-electron chi connectivity index (χ3n) is 2.47. The number of rotatable bonds is 4. The molecule has 1 heterocycles. The number of aromatic nitrogens is 1. The second-order valence-electron chi connectivity index (χ2n) is 3.88. The smallest absolute Gasteiger partial charge is 0.243 e. The predicted octanol–water partition coefficient (Wildman–Crippen LogP) is 2.49. The van der Waals surface area contributed by atoms with Gasteiger partial charge in [0.25, 0.3) is 0 Å². The van der Waals surface area contributed by atoms with Crippen LogP contribution >= 0.6 is 11.6 Å². The van der Waals surface area contributed by atoms with Crippen LogP contribution in [0.15, 0.2) is 41.6 Å². The standard InChI is InChI=1S/C12H9ClF2N2O2S/c13-9-3-4-16-7-12(9)20(18,19)17-6-8-1-2-10(14)11(15)5-8/h1-5,7,17H,6H2. The lowest BCUT2D eigenvalue weighted by molar-refractivity contribution is 0.506. The highest BCUT2D eigenvalue weighted by molar-refractivity contribution is 7.89. The molecule has 1 N–H and O–H groups in total. The van der Waals surface area contributed by atoms with E-state index in [-0.39, 0.29) is 22.0 Å². The minimum Gasteiger partial charge on any atom is -0.263 e. The van der Waals surface area contributed by atoms with E-state index in [9.17, 15) is 17.2 Å². The van der Waals surface area contributed by atoms with Crippen molar-refractivity contribution in [3.8, 4) is 0 Å². The zero-order chi connectivity index (χ0) is 14.8. The Hall–Kier alpha value is -1.57. The van der Waals surface area contributed by atoms with Crippen molar-refractivity contribution in [2.75, 3.05) is 0 Å². The van der Waals surface area contributed by atoms with Crippen molar-refractivity contribution in [2.45, 2.75) is 11.4 Å². The normalized spacial score (nSPS) is 11.6. The van der Waals surface area contributed by atoms with Gasteiger partial charge in [-0.1, -0.05) is 17.7 Å². The minimum atomic E-state index is -3.87. The molecule has 0 amide bonds. The Kier molecular flexibility index (Phi) is 4.32. The average Bonchev–Trinajstić information content (AvgIpc) is 2.40. The van der Waals surface area contributed by atoms with E-state index >= 15 is 0 Å². The summed E-state index contributed by atoms with van der Waals surface area (Å²) in [5, 5.41) is 0.0257. The zero-order valence-corrected chi connectivity index (χ0v) is 11.5. The van der Waals surface area contributed by atoms with Crippen LogP contribution in [0.1, 0.15) is 5.56 Å². The van der Waals surface area contributed by atoms with Crippen molar-refractivity contribution in [1.82, 2.24) is 9.71 Å². The fourth-order valence-corrected chi connectivity index (χ4v) is 2.91. The zero-order valence-electron chi connectivity index (χ0n) is 9.98. The van der Waals surface area contributed by atoms with Gasteiger partial charge in [0.1, 0.15) is 4.90 Å². The summed E-state index contributed by atoms with van der Waals surface area (Å²) in [4.78, 5) is 3.50. The Morgan fingerprint density at radius 1 is 1.20 bits per heavy atom. The quantitative estimate of drug-likeness (QED) is 0.942. The van der Waals surface area contributed by atoms with Crippen LogP contribution in [-0.2, 0) is 16.6 Å². The highest BCUT2D eigenvalue weighted by atomic mass is 35.5. The molecule has 2 aromatic rings. The lowest BCUT2D eigenvalue weighted by Crippen LogP contribution is -2.23. The summed E-state index contributed by atoms with van der Waals surface area (Å²) in [5.74, 6) is -2.03. The molecule has 0 saturated carbocycles. The summed E-state index contributed by atoms with van der Waals surface area (Å²) < 4.78 is 51.9. The van der Waals surface area contributed by atoms with E-state index in [2.05, 4.69) is 9.71 Å². The molecule has 1 aromatic carbocycles. The Morgan fingerprint density at radius 2 is 1.95 bits per heavy atom. The summed E-state index contributed by atoms with van der Waals surface area (Å²) in [6.07, 6.45) is 2.46. The number of pyridine rings is 1. The molecular formula is C12H9ClF2N2O2S. The van der Waals surface area contributed by atoms with Crippen molar-refractivity contribution in [1.29, 1.82) is 0 Å². The molecule has 0 aliphatic heterocycles. The van der Waals surface area contributed by atoms with E-state index in [4.69, 9.17) is 11.6 Å². The molecule has 0 aliphatic carbocycles. The molecule has 2 rings (SSSR count). The van der Waals surface area contributed by atoms with Crippen LogP contribution in [-0.4, -0.2) is 13.4 Å². The van der Waals surface area contributed by atoms with Gasteiger partial charge >= 0.3 is 0 Å². The Labute approximate surface area is 119 Å². The van der Waals surface area contributed by atoms with Crippen molar-refractivity contribution >= 4 is 21.6 Å². The first-order chi connectivity index (χ1) is 9.40. The fourth-order valence-electron chi connectivity index (χ4n) is 1.47. The lowest BCUT2D eigenvalue weighted by Gasteiger charge is -2.08.